The van der Waals surface area contributed by atoms with E-state index < -0.39 is 17.5 Å². The molecule has 2 heterocycles. The highest BCUT2D eigenvalue weighted by molar-refractivity contribution is 5.94. The van der Waals surface area contributed by atoms with E-state index in [4.69, 9.17) is 0 Å². The quantitative estimate of drug-likeness (QED) is 0.692. The van der Waals surface area contributed by atoms with E-state index in [9.17, 15) is 18.0 Å². The first kappa shape index (κ1) is 18.9. The van der Waals surface area contributed by atoms with Crippen molar-refractivity contribution >= 4 is 17.4 Å². The zero-order chi connectivity index (χ0) is 19.9. The summed E-state index contributed by atoms with van der Waals surface area (Å²) in [6.45, 7) is 7.05. The van der Waals surface area contributed by atoms with Gasteiger partial charge in [0, 0.05) is 23.7 Å². The summed E-state index contributed by atoms with van der Waals surface area (Å²) < 4.78 is 43.6. The summed E-state index contributed by atoms with van der Waals surface area (Å²) >= 11 is 0. The zero-order valence-corrected chi connectivity index (χ0v) is 15.5. The van der Waals surface area contributed by atoms with Crippen LogP contribution in [0.2, 0.25) is 0 Å². The second kappa shape index (κ2) is 6.72. The molecule has 0 saturated carbocycles. The van der Waals surface area contributed by atoms with Crippen molar-refractivity contribution in [2.45, 2.75) is 34.1 Å². The Kier molecular flexibility index (Phi) is 4.71. The normalized spacial score (nSPS) is 11.8. The van der Waals surface area contributed by atoms with E-state index >= 15 is 0 Å². The standard InChI is InChI=1S/C20H20F3N3O/c1-11-14(22)7-6-13(17(11)23)18-19(25-16(27)9-20(2,3)4)24-15-8-5-12(21)10-26(15)18/h5-8,10H,9H2,1-4H3,(H,25,27). The maximum absolute atomic E-state index is 14.8. The number of pyridine rings is 1. The van der Waals surface area contributed by atoms with Gasteiger partial charge in [-0.3, -0.25) is 9.20 Å². The molecule has 1 amide bonds. The van der Waals surface area contributed by atoms with E-state index in [2.05, 4.69) is 10.3 Å². The van der Waals surface area contributed by atoms with E-state index in [0.29, 0.717) is 5.65 Å². The molecule has 27 heavy (non-hydrogen) atoms. The van der Waals surface area contributed by atoms with Crippen LogP contribution in [0.25, 0.3) is 16.9 Å². The van der Waals surface area contributed by atoms with Crippen LogP contribution in [0.15, 0.2) is 30.5 Å². The van der Waals surface area contributed by atoms with Crippen LogP contribution in [0.5, 0.6) is 0 Å². The maximum atomic E-state index is 14.8. The predicted molar refractivity (Wildman–Crippen MR) is 97.9 cm³/mol. The number of carbonyl (C=O) groups excluding carboxylic acids is 1. The second-order valence-corrected chi connectivity index (χ2v) is 7.70. The summed E-state index contributed by atoms with van der Waals surface area (Å²) in [7, 11) is 0. The summed E-state index contributed by atoms with van der Waals surface area (Å²) in [5, 5.41) is 2.68. The molecule has 7 heteroatoms. The van der Waals surface area contributed by atoms with Crippen LogP contribution < -0.4 is 5.32 Å². The number of nitrogens with zero attached hydrogens (tertiary/aromatic N) is 2. The third-order valence-electron chi connectivity index (χ3n) is 4.11. The summed E-state index contributed by atoms with van der Waals surface area (Å²) in [5.74, 6) is -2.22. The van der Waals surface area contributed by atoms with Crippen molar-refractivity contribution in [2.75, 3.05) is 5.32 Å². The Bertz CT molecular complexity index is 1040. The number of amides is 1. The van der Waals surface area contributed by atoms with E-state index in [1.807, 2.05) is 20.8 Å². The molecule has 0 aliphatic carbocycles. The number of rotatable bonds is 3. The maximum Gasteiger partial charge on any atom is 0.226 e. The van der Waals surface area contributed by atoms with Gasteiger partial charge < -0.3 is 5.32 Å². The minimum absolute atomic E-state index is 0.0260. The van der Waals surface area contributed by atoms with E-state index in [-0.39, 0.29) is 40.4 Å². The van der Waals surface area contributed by atoms with Crippen molar-refractivity contribution in [2.24, 2.45) is 5.41 Å². The molecule has 142 valence electrons. The summed E-state index contributed by atoms with van der Waals surface area (Å²) in [5.41, 5.74) is 0.0998. The number of anilines is 1. The molecule has 0 bridgehead atoms. The van der Waals surface area contributed by atoms with Gasteiger partial charge in [-0.25, -0.2) is 18.2 Å². The Balaban J connectivity index is 2.19. The Morgan fingerprint density at radius 3 is 2.52 bits per heavy atom. The number of hydrogen-bond acceptors (Lipinski definition) is 2. The van der Waals surface area contributed by atoms with E-state index in [0.717, 1.165) is 12.3 Å². The highest BCUT2D eigenvalue weighted by Crippen LogP contribution is 2.33. The molecule has 1 aromatic carbocycles. The average Bonchev–Trinajstić information content (AvgIpc) is 2.88. The van der Waals surface area contributed by atoms with Crippen molar-refractivity contribution < 1.29 is 18.0 Å². The molecule has 0 aliphatic heterocycles. The molecule has 1 N–H and O–H groups in total. The third-order valence-corrected chi connectivity index (χ3v) is 4.11. The highest BCUT2D eigenvalue weighted by Gasteiger charge is 2.23. The smallest absolute Gasteiger partial charge is 0.226 e. The first-order valence-electron chi connectivity index (χ1n) is 8.49. The SMILES string of the molecule is Cc1c(F)ccc(-c2c(NC(=O)CC(C)(C)C)nc3ccc(F)cn23)c1F. The fraction of sp³-hybridized carbons (Fsp3) is 0.300. The van der Waals surface area contributed by atoms with Gasteiger partial charge in [-0.2, -0.15) is 0 Å². The number of hydrogen-bond donors (Lipinski definition) is 1. The van der Waals surface area contributed by atoms with Gasteiger partial charge in [-0.15, -0.1) is 0 Å². The Labute approximate surface area is 155 Å². The molecule has 0 aliphatic rings. The van der Waals surface area contributed by atoms with Gasteiger partial charge in [-0.05, 0) is 36.6 Å². The van der Waals surface area contributed by atoms with Crippen molar-refractivity contribution in [3.05, 3.63) is 53.5 Å². The third kappa shape index (κ3) is 3.82. The largest absolute Gasteiger partial charge is 0.309 e. The molecule has 3 aromatic rings. The number of carbonyl (C=O) groups is 1. The van der Waals surface area contributed by atoms with Gasteiger partial charge in [0.2, 0.25) is 5.91 Å². The van der Waals surface area contributed by atoms with Gasteiger partial charge in [0.15, 0.2) is 5.82 Å². The van der Waals surface area contributed by atoms with E-state index in [1.165, 1.54) is 29.5 Å². The van der Waals surface area contributed by atoms with Gasteiger partial charge in [0.05, 0.1) is 0 Å². The Hall–Kier alpha value is -2.83. The van der Waals surface area contributed by atoms with E-state index in [1.54, 1.807) is 0 Å². The van der Waals surface area contributed by atoms with Crippen molar-refractivity contribution in [3.8, 4) is 11.3 Å². The van der Waals surface area contributed by atoms with Crippen molar-refractivity contribution in [3.63, 3.8) is 0 Å². The Morgan fingerprint density at radius 2 is 1.85 bits per heavy atom. The Morgan fingerprint density at radius 1 is 1.15 bits per heavy atom. The lowest BCUT2D eigenvalue weighted by Gasteiger charge is -2.17. The van der Waals surface area contributed by atoms with Gasteiger partial charge >= 0.3 is 0 Å². The van der Waals surface area contributed by atoms with Crippen LogP contribution in [0.3, 0.4) is 0 Å². The van der Waals surface area contributed by atoms with Crippen LogP contribution in [0.1, 0.15) is 32.8 Å². The fourth-order valence-electron chi connectivity index (χ4n) is 2.87. The first-order chi connectivity index (χ1) is 12.6. The lowest BCUT2D eigenvalue weighted by molar-refractivity contribution is -0.117. The number of imidazole rings is 1. The number of benzene rings is 1. The molecule has 2 aromatic heterocycles. The molecule has 0 radical (unpaired) electrons. The minimum Gasteiger partial charge on any atom is -0.309 e. The van der Waals surface area contributed by atoms with Gasteiger partial charge in [0.1, 0.15) is 28.8 Å². The lowest BCUT2D eigenvalue weighted by Crippen LogP contribution is -2.20. The monoisotopic (exact) mass is 375 g/mol. The van der Waals surface area contributed by atoms with Crippen LogP contribution >= 0.6 is 0 Å². The number of aromatic nitrogens is 2. The summed E-state index contributed by atoms with van der Waals surface area (Å²) in [6, 6.07) is 5.03. The number of fused-ring (bicyclic) bond motifs is 1. The first-order valence-corrected chi connectivity index (χ1v) is 8.49. The molecule has 0 fully saturated rings. The number of halogens is 3. The molecule has 4 nitrogen and oxygen atoms in total. The molecule has 3 rings (SSSR count). The van der Waals surface area contributed by atoms with Crippen LogP contribution in [-0.2, 0) is 4.79 Å². The average molecular weight is 375 g/mol. The molecule has 0 atom stereocenters. The lowest BCUT2D eigenvalue weighted by atomic mass is 9.92. The highest BCUT2D eigenvalue weighted by atomic mass is 19.1. The van der Waals surface area contributed by atoms with Crippen molar-refractivity contribution in [1.82, 2.24) is 9.38 Å². The summed E-state index contributed by atoms with van der Waals surface area (Å²) in [6.07, 6.45) is 1.37. The molecular weight excluding hydrogens is 355 g/mol. The fourth-order valence-corrected chi connectivity index (χ4v) is 2.87. The molecule has 0 spiro atoms. The topological polar surface area (TPSA) is 46.4 Å². The van der Waals surface area contributed by atoms with Crippen LogP contribution in [0, 0.1) is 29.8 Å². The molecule has 0 saturated heterocycles. The molecular formula is C20H20F3N3O. The minimum atomic E-state index is -0.785. The predicted octanol–water partition coefficient (Wildman–Crippen LogP) is 5.10. The van der Waals surface area contributed by atoms with Gasteiger partial charge in [0.25, 0.3) is 0 Å². The second-order valence-electron chi connectivity index (χ2n) is 7.70. The van der Waals surface area contributed by atoms with Crippen molar-refractivity contribution in [1.29, 1.82) is 0 Å². The van der Waals surface area contributed by atoms with Crippen LogP contribution in [0.4, 0.5) is 19.0 Å². The zero-order valence-electron chi connectivity index (χ0n) is 15.5. The van der Waals surface area contributed by atoms with Gasteiger partial charge in [-0.1, -0.05) is 20.8 Å². The van der Waals surface area contributed by atoms with Crippen LogP contribution in [-0.4, -0.2) is 15.3 Å². The summed E-state index contributed by atoms with van der Waals surface area (Å²) in [4.78, 5) is 16.7. The molecule has 0 unspecified atom stereocenters. The number of nitrogens with one attached hydrogen (secondary N) is 1.